The number of nitrogens with zero attached hydrogens (tertiary/aromatic N) is 1. The molecule has 3 atom stereocenters. The average Bonchev–Trinajstić information content (AvgIpc) is 2.64. The number of benzene rings is 1. The van der Waals surface area contributed by atoms with Gasteiger partial charge in [-0.2, -0.15) is 0 Å². The summed E-state index contributed by atoms with van der Waals surface area (Å²) in [5, 5.41) is 3.19. The predicted octanol–water partition coefficient (Wildman–Crippen LogP) is 3.53. The van der Waals surface area contributed by atoms with Crippen molar-refractivity contribution in [1.29, 1.82) is 0 Å². The van der Waals surface area contributed by atoms with Crippen molar-refractivity contribution in [3.63, 3.8) is 0 Å². The third kappa shape index (κ3) is 3.44. The minimum absolute atomic E-state index is 0.0891. The van der Waals surface area contributed by atoms with Crippen LogP contribution in [-0.4, -0.2) is 42.8 Å². The summed E-state index contributed by atoms with van der Waals surface area (Å²) in [7, 11) is 0. The number of carbonyl (C=O) groups excluding carboxylic acids is 1. The van der Waals surface area contributed by atoms with E-state index in [-0.39, 0.29) is 18.2 Å². The molecule has 130 valence electrons. The van der Waals surface area contributed by atoms with Gasteiger partial charge in [0.15, 0.2) is 0 Å². The fourth-order valence-corrected chi connectivity index (χ4v) is 4.77. The predicted molar refractivity (Wildman–Crippen MR) is 94.0 cm³/mol. The molecule has 1 N–H and O–H groups in total. The van der Waals surface area contributed by atoms with Crippen molar-refractivity contribution in [3.8, 4) is 0 Å². The molecule has 0 unspecified atom stereocenters. The van der Waals surface area contributed by atoms with Gasteiger partial charge in [-0.1, -0.05) is 43.2 Å². The molecular formula is C20H28N2O2. The molecule has 24 heavy (non-hydrogen) atoms. The number of piperidine rings is 3. The van der Waals surface area contributed by atoms with E-state index in [1.54, 1.807) is 0 Å². The van der Waals surface area contributed by atoms with E-state index in [4.69, 9.17) is 4.74 Å². The van der Waals surface area contributed by atoms with Gasteiger partial charge in [-0.15, -0.1) is 0 Å². The maximum absolute atomic E-state index is 12.5. The van der Waals surface area contributed by atoms with Crippen LogP contribution in [-0.2, 0) is 4.74 Å². The topological polar surface area (TPSA) is 41.6 Å². The van der Waals surface area contributed by atoms with E-state index in [1.165, 1.54) is 44.3 Å². The second-order valence-electron chi connectivity index (χ2n) is 7.63. The molecule has 4 fully saturated rings. The summed E-state index contributed by atoms with van der Waals surface area (Å²) in [5.74, 6) is 0.982. The first kappa shape index (κ1) is 15.9. The summed E-state index contributed by atoms with van der Waals surface area (Å²) in [6, 6.07) is 10.8. The van der Waals surface area contributed by atoms with Crippen LogP contribution in [0.3, 0.4) is 0 Å². The van der Waals surface area contributed by atoms with Gasteiger partial charge in [-0.3, -0.25) is 4.90 Å². The van der Waals surface area contributed by atoms with Crippen molar-refractivity contribution in [2.45, 2.75) is 56.6 Å². The van der Waals surface area contributed by atoms with Crippen LogP contribution in [0.1, 0.15) is 50.0 Å². The molecule has 1 aromatic carbocycles. The minimum Gasteiger partial charge on any atom is -0.445 e. The van der Waals surface area contributed by atoms with E-state index in [0.717, 1.165) is 19.4 Å². The molecule has 1 aliphatic carbocycles. The molecule has 0 aromatic heterocycles. The maximum Gasteiger partial charge on any atom is 0.407 e. The molecule has 0 radical (unpaired) electrons. The van der Waals surface area contributed by atoms with Gasteiger partial charge in [0.2, 0.25) is 0 Å². The largest absolute Gasteiger partial charge is 0.445 e. The number of ether oxygens (including phenoxy) is 1. The van der Waals surface area contributed by atoms with Crippen LogP contribution in [0.2, 0.25) is 0 Å². The number of hydrogen-bond acceptors (Lipinski definition) is 3. The SMILES string of the molecule is O=C(N[C@H]1CCCC[C@H]1c1ccccc1)O[C@H]1CN2CCC1CC2. The molecule has 5 rings (SSSR count). The second-order valence-corrected chi connectivity index (χ2v) is 7.63. The maximum atomic E-state index is 12.5. The molecular weight excluding hydrogens is 300 g/mol. The zero-order chi connectivity index (χ0) is 16.4. The molecule has 4 aliphatic rings. The molecule has 4 heteroatoms. The van der Waals surface area contributed by atoms with Crippen LogP contribution < -0.4 is 5.32 Å². The van der Waals surface area contributed by atoms with Gasteiger partial charge in [-0.25, -0.2) is 4.79 Å². The lowest BCUT2D eigenvalue weighted by atomic mass is 9.80. The fourth-order valence-electron chi connectivity index (χ4n) is 4.77. The first-order chi connectivity index (χ1) is 11.8. The first-order valence-corrected chi connectivity index (χ1v) is 9.54. The van der Waals surface area contributed by atoms with Gasteiger partial charge < -0.3 is 10.1 Å². The quantitative estimate of drug-likeness (QED) is 0.923. The Kier molecular flexibility index (Phi) is 4.74. The summed E-state index contributed by atoms with van der Waals surface area (Å²) in [5.41, 5.74) is 1.34. The summed E-state index contributed by atoms with van der Waals surface area (Å²) in [6.45, 7) is 3.26. The van der Waals surface area contributed by atoms with Crippen LogP contribution in [0.4, 0.5) is 4.79 Å². The first-order valence-electron chi connectivity index (χ1n) is 9.54. The summed E-state index contributed by atoms with van der Waals surface area (Å²) < 4.78 is 5.82. The lowest BCUT2D eigenvalue weighted by Crippen LogP contribution is -2.53. The van der Waals surface area contributed by atoms with Gasteiger partial charge in [0, 0.05) is 18.5 Å². The van der Waals surface area contributed by atoms with E-state index in [0.29, 0.717) is 11.8 Å². The highest BCUT2D eigenvalue weighted by atomic mass is 16.6. The molecule has 3 aliphatic heterocycles. The van der Waals surface area contributed by atoms with Crippen molar-refractivity contribution in [3.05, 3.63) is 35.9 Å². The van der Waals surface area contributed by atoms with Crippen molar-refractivity contribution < 1.29 is 9.53 Å². The molecule has 0 spiro atoms. The lowest BCUT2D eigenvalue weighted by Gasteiger charge is -2.44. The number of amides is 1. The Bertz CT molecular complexity index is 554. The van der Waals surface area contributed by atoms with Gasteiger partial charge in [0.1, 0.15) is 6.10 Å². The van der Waals surface area contributed by atoms with Crippen molar-refractivity contribution in [2.75, 3.05) is 19.6 Å². The molecule has 1 amide bonds. The van der Waals surface area contributed by atoms with E-state index >= 15 is 0 Å². The summed E-state index contributed by atoms with van der Waals surface area (Å²) in [6.07, 6.45) is 6.86. The van der Waals surface area contributed by atoms with Crippen molar-refractivity contribution in [2.24, 2.45) is 5.92 Å². The summed E-state index contributed by atoms with van der Waals surface area (Å²) >= 11 is 0. The van der Waals surface area contributed by atoms with Crippen LogP contribution in [0, 0.1) is 5.92 Å². The Labute approximate surface area is 144 Å². The van der Waals surface area contributed by atoms with Crippen molar-refractivity contribution in [1.82, 2.24) is 10.2 Å². The molecule has 1 saturated carbocycles. The Morgan fingerprint density at radius 3 is 2.50 bits per heavy atom. The Morgan fingerprint density at radius 1 is 1.04 bits per heavy atom. The van der Waals surface area contributed by atoms with Crippen LogP contribution >= 0.6 is 0 Å². The minimum atomic E-state index is -0.207. The number of fused-ring (bicyclic) bond motifs is 3. The number of carbonyl (C=O) groups is 1. The highest BCUT2D eigenvalue weighted by molar-refractivity contribution is 5.68. The normalized spacial score (nSPS) is 35.4. The average molecular weight is 328 g/mol. The molecule has 1 aromatic rings. The third-order valence-corrected chi connectivity index (χ3v) is 6.15. The monoisotopic (exact) mass is 328 g/mol. The van der Waals surface area contributed by atoms with E-state index < -0.39 is 0 Å². The zero-order valence-corrected chi connectivity index (χ0v) is 14.3. The number of rotatable bonds is 3. The number of nitrogens with one attached hydrogen (secondary N) is 1. The van der Waals surface area contributed by atoms with Gasteiger partial charge in [-0.05, 0) is 50.3 Å². The standard InChI is InChI=1S/C20H28N2O2/c23-20(24-19-14-22-12-10-16(19)11-13-22)21-18-9-5-4-8-17(18)15-6-2-1-3-7-15/h1-3,6-7,16-19H,4-5,8-14H2,(H,21,23)/t17-,18-,19-/m0/s1. The van der Waals surface area contributed by atoms with E-state index in [9.17, 15) is 4.79 Å². The van der Waals surface area contributed by atoms with Crippen LogP contribution in [0.15, 0.2) is 30.3 Å². The smallest absolute Gasteiger partial charge is 0.407 e. The van der Waals surface area contributed by atoms with E-state index in [1.807, 2.05) is 0 Å². The fraction of sp³-hybridized carbons (Fsp3) is 0.650. The Balaban J connectivity index is 1.37. The molecule has 2 bridgehead atoms. The highest BCUT2D eigenvalue weighted by Gasteiger charge is 2.37. The Hall–Kier alpha value is -1.55. The van der Waals surface area contributed by atoms with Crippen LogP contribution in [0.5, 0.6) is 0 Å². The zero-order valence-electron chi connectivity index (χ0n) is 14.3. The number of hydrogen-bond donors (Lipinski definition) is 1. The van der Waals surface area contributed by atoms with Crippen LogP contribution in [0.25, 0.3) is 0 Å². The molecule has 3 heterocycles. The number of alkyl carbamates (subject to hydrolysis) is 1. The van der Waals surface area contributed by atoms with E-state index in [2.05, 4.69) is 40.5 Å². The van der Waals surface area contributed by atoms with Gasteiger partial charge in [0.05, 0.1) is 0 Å². The molecule has 4 nitrogen and oxygen atoms in total. The Morgan fingerprint density at radius 2 is 1.79 bits per heavy atom. The van der Waals surface area contributed by atoms with Gasteiger partial charge >= 0.3 is 6.09 Å². The molecule has 3 saturated heterocycles. The second kappa shape index (κ2) is 7.14. The van der Waals surface area contributed by atoms with Gasteiger partial charge in [0.25, 0.3) is 0 Å². The summed E-state index contributed by atoms with van der Waals surface area (Å²) in [4.78, 5) is 14.9. The highest BCUT2D eigenvalue weighted by Crippen LogP contribution is 2.33. The third-order valence-electron chi connectivity index (χ3n) is 6.15. The lowest BCUT2D eigenvalue weighted by molar-refractivity contribution is -0.0343. The van der Waals surface area contributed by atoms with Crippen molar-refractivity contribution >= 4 is 6.09 Å².